The SMILES string of the molecule is CCc1cc(=O)n(C)c(SCc2ccc(OC)cc2)n1. The molecule has 2 rings (SSSR count). The minimum absolute atomic E-state index is 0.00548. The van der Waals surface area contributed by atoms with E-state index in [1.165, 1.54) is 5.56 Å². The fourth-order valence-corrected chi connectivity index (χ4v) is 2.70. The van der Waals surface area contributed by atoms with Gasteiger partial charge in [0.2, 0.25) is 0 Å². The van der Waals surface area contributed by atoms with E-state index in [4.69, 9.17) is 4.74 Å². The average Bonchev–Trinajstić information content (AvgIpc) is 2.49. The van der Waals surface area contributed by atoms with Crippen LogP contribution in [0, 0.1) is 0 Å². The maximum Gasteiger partial charge on any atom is 0.254 e. The van der Waals surface area contributed by atoms with Crippen molar-refractivity contribution in [3.05, 3.63) is 51.9 Å². The first-order valence-corrected chi connectivity index (χ1v) is 7.45. The highest BCUT2D eigenvalue weighted by molar-refractivity contribution is 7.98. The molecule has 0 N–H and O–H groups in total. The number of methoxy groups -OCH3 is 1. The average molecular weight is 290 g/mol. The summed E-state index contributed by atoms with van der Waals surface area (Å²) in [5.74, 6) is 1.62. The summed E-state index contributed by atoms with van der Waals surface area (Å²) < 4.78 is 6.72. The summed E-state index contributed by atoms with van der Waals surface area (Å²) in [7, 11) is 3.41. The van der Waals surface area contributed by atoms with Gasteiger partial charge in [-0.05, 0) is 24.1 Å². The Hall–Kier alpha value is -1.75. The number of ether oxygens (including phenoxy) is 1. The van der Waals surface area contributed by atoms with Crippen LogP contribution in [0.5, 0.6) is 5.75 Å². The predicted octanol–water partition coefficient (Wildman–Crippen LogP) is 2.64. The van der Waals surface area contributed by atoms with Crippen molar-refractivity contribution in [2.45, 2.75) is 24.3 Å². The first-order chi connectivity index (χ1) is 9.63. The summed E-state index contributed by atoms with van der Waals surface area (Å²) in [6.07, 6.45) is 0.770. The van der Waals surface area contributed by atoms with E-state index in [-0.39, 0.29) is 5.56 Å². The summed E-state index contributed by atoms with van der Waals surface area (Å²) in [5, 5.41) is 0.755. The zero-order valence-corrected chi connectivity index (χ0v) is 12.7. The van der Waals surface area contributed by atoms with Crippen LogP contribution in [-0.4, -0.2) is 16.7 Å². The van der Waals surface area contributed by atoms with Gasteiger partial charge in [0.25, 0.3) is 5.56 Å². The largest absolute Gasteiger partial charge is 0.497 e. The van der Waals surface area contributed by atoms with E-state index in [1.54, 1.807) is 36.6 Å². The molecule has 0 radical (unpaired) electrons. The van der Waals surface area contributed by atoms with Crippen LogP contribution < -0.4 is 10.3 Å². The molecule has 0 bridgehead atoms. The highest BCUT2D eigenvalue weighted by Gasteiger charge is 2.06. The number of thioether (sulfide) groups is 1. The van der Waals surface area contributed by atoms with Crippen LogP contribution in [0.15, 0.2) is 40.3 Å². The number of benzene rings is 1. The Labute approximate surface area is 122 Å². The highest BCUT2D eigenvalue weighted by atomic mass is 32.2. The molecule has 1 aromatic heterocycles. The van der Waals surface area contributed by atoms with Crippen molar-refractivity contribution in [3.8, 4) is 5.75 Å². The lowest BCUT2D eigenvalue weighted by Crippen LogP contribution is -2.20. The van der Waals surface area contributed by atoms with Gasteiger partial charge in [-0.25, -0.2) is 4.98 Å². The summed E-state index contributed by atoms with van der Waals surface area (Å²) in [6.45, 7) is 2.00. The molecule has 4 nitrogen and oxygen atoms in total. The molecule has 0 saturated heterocycles. The molecule has 0 aliphatic carbocycles. The van der Waals surface area contributed by atoms with E-state index in [0.717, 1.165) is 28.8 Å². The number of hydrogen-bond acceptors (Lipinski definition) is 4. The fraction of sp³-hybridized carbons (Fsp3) is 0.333. The molecule has 2 aromatic rings. The van der Waals surface area contributed by atoms with Crippen LogP contribution in [0.4, 0.5) is 0 Å². The van der Waals surface area contributed by atoms with Crippen LogP contribution in [0.2, 0.25) is 0 Å². The number of aromatic nitrogens is 2. The van der Waals surface area contributed by atoms with Gasteiger partial charge in [-0.1, -0.05) is 30.8 Å². The van der Waals surface area contributed by atoms with Crippen molar-refractivity contribution in [1.82, 2.24) is 9.55 Å². The summed E-state index contributed by atoms with van der Waals surface area (Å²) in [4.78, 5) is 16.3. The van der Waals surface area contributed by atoms with Crippen LogP contribution in [-0.2, 0) is 19.2 Å². The molecule has 1 aromatic carbocycles. The van der Waals surface area contributed by atoms with Crippen LogP contribution in [0.1, 0.15) is 18.2 Å². The molecule has 0 aliphatic heterocycles. The maximum atomic E-state index is 11.8. The number of hydrogen-bond donors (Lipinski definition) is 0. The molecule has 106 valence electrons. The molecule has 0 unspecified atom stereocenters. The molecule has 0 spiro atoms. The normalized spacial score (nSPS) is 10.6. The van der Waals surface area contributed by atoms with Gasteiger partial charge in [-0.2, -0.15) is 0 Å². The van der Waals surface area contributed by atoms with Gasteiger partial charge in [0.05, 0.1) is 7.11 Å². The van der Waals surface area contributed by atoms with E-state index in [1.807, 2.05) is 31.2 Å². The van der Waals surface area contributed by atoms with Gasteiger partial charge < -0.3 is 4.74 Å². The van der Waals surface area contributed by atoms with Crippen molar-refractivity contribution in [1.29, 1.82) is 0 Å². The Morgan fingerprint density at radius 2 is 2.00 bits per heavy atom. The number of nitrogens with zero attached hydrogens (tertiary/aromatic N) is 2. The summed E-state index contributed by atoms with van der Waals surface area (Å²) in [5.41, 5.74) is 2.01. The Balaban J connectivity index is 2.13. The van der Waals surface area contributed by atoms with Crippen molar-refractivity contribution in [2.24, 2.45) is 7.05 Å². The summed E-state index contributed by atoms with van der Waals surface area (Å²) in [6, 6.07) is 9.51. The van der Waals surface area contributed by atoms with E-state index in [0.29, 0.717) is 0 Å². The number of aryl methyl sites for hydroxylation is 1. The number of rotatable bonds is 5. The molecule has 0 aliphatic rings. The Kier molecular flexibility index (Phi) is 4.84. The van der Waals surface area contributed by atoms with Gasteiger partial charge in [0, 0.05) is 24.6 Å². The molecular weight excluding hydrogens is 272 g/mol. The van der Waals surface area contributed by atoms with Crippen LogP contribution in [0.25, 0.3) is 0 Å². The minimum atomic E-state index is -0.00548. The highest BCUT2D eigenvalue weighted by Crippen LogP contribution is 2.21. The first-order valence-electron chi connectivity index (χ1n) is 6.46. The topological polar surface area (TPSA) is 44.1 Å². The minimum Gasteiger partial charge on any atom is -0.497 e. The zero-order chi connectivity index (χ0) is 14.5. The van der Waals surface area contributed by atoms with Crippen LogP contribution >= 0.6 is 11.8 Å². The van der Waals surface area contributed by atoms with Gasteiger partial charge in [0.15, 0.2) is 5.16 Å². The zero-order valence-electron chi connectivity index (χ0n) is 11.9. The third-order valence-corrected chi connectivity index (χ3v) is 4.14. The van der Waals surface area contributed by atoms with Gasteiger partial charge >= 0.3 is 0 Å². The molecule has 5 heteroatoms. The lowest BCUT2D eigenvalue weighted by Gasteiger charge is -2.08. The second kappa shape index (κ2) is 6.61. The molecule has 0 atom stereocenters. The molecular formula is C15H18N2O2S. The lowest BCUT2D eigenvalue weighted by atomic mass is 10.2. The Morgan fingerprint density at radius 3 is 2.60 bits per heavy atom. The van der Waals surface area contributed by atoms with E-state index in [9.17, 15) is 4.79 Å². The molecule has 0 saturated carbocycles. The molecule has 0 amide bonds. The third-order valence-electron chi connectivity index (χ3n) is 3.04. The standard InChI is InChI=1S/C15H18N2O2S/c1-4-12-9-14(18)17(2)15(16-12)20-10-11-5-7-13(19-3)8-6-11/h5-9H,4,10H2,1-3H3. The van der Waals surface area contributed by atoms with E-state index in [2.05, 4.69) is 4.98 Å². The second-order valence-electron chi connectivity index (χ2n) is 4.42. The van der Waals surface area contributed by atoms with E-state index < -0.39 is 0 Å². The molecule has 20 heavy (non-hydrogen) atoms. The van der Waals surface area contributed by atoms with E-state index >= 15 is 0 Å². The van der Waals surface area contributed by atoms with Gasteiger partial charge in [-0.15, -0.1) is 0 Å². The third kappa shape index (κ3) is 3.42. The Bertz CT molecular complexity index is 635. The second-order valence-corrected chi connectivity index (χ2v) is 5.36. The molecule has 0 fully saturated rings. The monoisotopic (exact) mass is 290 g/mol. The van der Waals surface area contributed by atoms with Crippen molar-refractivity contribution < 1.29 is 4.74 Å². The smallest absolute Gasteiger partial charge is 0.254 e. The van der Waals surface area contributed by atoms with Gasteiger partial charge in [-0.3, -0.25) is 9.36 Å². The van der Waals surface area contributed by atoms with Gasteiger partial charge in [0.1, 0.15) is 5.75 Å². The summed E-state index contributed by atoms with van der Waals surface area (Å²) >= 11 is 1.57. The lowest BCUT2D eigenvalue weighted by molar-refractivity contribution is 0.414. The maximum absolute atomic E-state index is 11.8. The van der Waals surface area contributed by atoms with Crippen molar-refractivity contribution in [2.75, 3.05) is 7.11 Å². The van der Waals surface area contributed by atoms with Crippen molar-refractivity contribution in [3.63, 3.8) is 0 Å². The predicted molar refractivity (Wildman–Crippen MR) is 81.4 cm³/mol. The fourth-order valence-electron chi connectivity index (χ4n) is 1.74. The quantitative estimate of drug-likeness (QED) is 0.627. The first kappa shape index (κ1) is 14.7. The molecule has 1 heterocycles. The van der Waals surface area contributed by atoms with Crippen molar-refractivity contribution >= 4 is 11.8 Å². The van der Waals surface area contributed by atoms with Crippen LogP contribution in [0.3, 0.4) is 0 Å². The Morgan fingerprint density at radius 1 is 1.30 bits per heavy atom.